The van der Waals surface area contributed by atoms with Gasteiger partial charge in [0.25, 0.3) is 0 Å². The lowest BCUT2D eigenvalue weighted by atomic mass is 9.79. The van der Waals surface area contributed by atoms with E-state index in [-0.39, 0.29) is 12.5 Å². The number of nitriles is 1. The van der Waals surface area contributed by atoms with Crippen LogP contribution in [0.4, 0.5) is 0 Å². The fraction of sp³-hybridized carbons (Fsp3) is 0.429. The van der Waals surface area contributed by atoms with Gasteiger partial charge in [-0.1, -0.05) is 36.2 Å². The van der Waals surface area contributed by atoms with E-state index in [1.54, 1.807) is 18.3 Å². The van der Waals surface area contributed by atoms with Gasteiger partial charge in [0.05, 0.1) is 17.8 Å². The molecule has 0 spiro atoms. The molecule has 1 aromatic heterocycles. The van der Waals surface area contributed by atoms with Crippen LogP contribution in [-0.4, -0.2) is 28.1 Å². The van der Waals surface area contributed by atoms with Crippen molar-refractivity contribution in [3.05, 3.63) is 64.9 Å². The van der Waals surface area contributed by atoms with Crippen molar-refractivity contribution in [2.45, 2.75) is 43.7 Å². The van der Waals surface area contributed by atoms with Gasteiger partial charge in [-0.15, -0.1) is 0 Å². The van der Waals surface area contributed by atoms with Gasteiger partial charge in [0, 0.05) is 17.6 Å². The van der Waals surface area contributed by atoms with Crippen molar-refractivity contribution in [2.24, 2.45) is 0 Å². The van der Waals surface area contributed by atoms with Crippen LogP contribution in [0.1, 0.15) is 49.4 Å². The first kappa shape index (κ1) is 18.8. The van der Waals surface area contributed by atoms with Crippen molar-refractivity contribution in [3.8, 4) is 6.07 Å². The highest BCUT2D eigenvalue weighted by Gasteiger charge is 2.43. The lowest BCUT2D eigenvalue weighted by Crippen LogP contribution is -2.46. The highest BCUT2D eigenvalue weighted by Crippen LogP contribution is 2.43. The van der Waals surface area contributed by atoms with Crippen LogP contribution in [0.25, 0.3) is 0 Å². The lowest BCUT2D eigenvalue weighted by molar-refractivity contribution is -0.0681. The zero-order valence-corrected chi connectivity index (χ0v) is 15.6. The molecular weight excluding hydrogens is 346 g/mol. The monoisotopic (exact) mass is 369 g/mol. The third-order valence-electron chi connectivity index (χ3n) is 5.14. The predicted molar refractivity (Wildman–Crippen MR) is 103 cm³/mol. The summed E-state index contributed by atoms with van der Waals surface area (Å²) in [5, 5.41) is 21.7. The first-order valence-electron chi connectivity index (χ1n) is 9.15. The summed E-state index contributed by atoms with van der Waals surface area (Å²) < 4.78 is 0. The lowest BCUT2D eigenvalue weighted by Gasteiger charge is -2.44. The van der Waals surface area contributed by atoms with Crippen LogP contribution in [0, 0.1) is 11.3 Å². The van der Waals surface area contributed by atoms with Gasteiger partial charge in [0.15, 0.2) is 0 Å². The Hall–Kier alpha value is -1.93. The number of halogens is 1. The number of benzene rings is 1. The van der Waals surface area contributed by atoms with Gasteiger partial charge in [0.2, 0.25) is 0 Å². The molecule has 136 valence electrons. The van der Waals surface area contributed by atoms with E-state index in [9.17, 15) is 10.4 Å². The summed E-state index contributed by atoms with van der Waals surface area (Å²) in [7, 11) is 0. The highest BCUT2D eigenvalue weighted by molar-refractivity contribution is 6.30. The van der Waals surface area contributed by atoms with E-state index < -0.39 is 5.60 Å². The highest BCUT2D eigenvalue weighted by atomic mass is 35.5. The van der Waals surface area contributed by atoms with Crippen molar-refractivity contribution in [3.63, 3.8) is 0 Å². The number of rotatable bonds is 6. The van der Waals surface area contributed by atoms with Crippen molar-refractivity contribution >= 4 is 11.6 Å². The molecule has 3 rings (SSSR count). The fourth-order valence-corrected chi connectivity index (χ4v) is 4.00. The third kappa shape index (κ3) is 4.07. The number of pyridine rings is 1. The molecule has 0 amide bonds. The van der Waals surface area contributed by atoms with Crippen molar-refractivity contribution < 1.29 is 5.11 Å². The minimum absolute atomic E-state index is 0.274. The standard InChI is InChI=1S/C21H24ClN3O/c22-18-10-8-17(9-11-18)21(26,12-6-13-23)20(19-7-2-3-14-24-19)25-15-4-1-5-16-25/h2-3,7-11,14,20,26H,1,4-6,12,15-16H2. The molecule has 1 aliphatic rings. The van der Waals surface area contributed by atoms with Crippen LogP contribution < -0.4 is 0 Å². The van der Waals surface area contributed by atoms with Crippen molar-refractivity contribution in [2.75, 3.05) is 13.1 Å². The second-order valence-corrected chi connectivity index (χ2v) is 7.28. The Morgan fingerprint density at radius 3 is 2.50 bits per heavy atom. The maximum atomic E-state index is 11.9. The molecule has 4 nitrogen and oxygen atoms in total. The molecule has 2 atom stereocenters. The van der Waals surface area contributed by atoms with Crippen LogP contribution in [-0.2, 0) is 5.60 Å². The van der Waals surface area contributed by atoms with Gasteiger partial charge in [-0.3, -0.25) is 9.88 Å². The van der Waals surface area contributed by atoms with E-state index >= 15 is 0 Å². The summed E-state index contributed by atoms with van der Waals surface area (Å²) in [6.45, 7) is 1.84. The molecule has 0 radical (unpaired) electrons. The Bertz CT molecular complexity index is 738. The van der Waals surface area contributed by atoms with E-state index in [2.05, 4.69) is 16.0 Å². The molecule has 1 saturated heterocycles. The normalized spacial score (nSPS) is 18.7. The van der Waals surface area contributed by atoms with Gasteiger partial charge >= 0.3 is 0 Å². The number of nitrogens with zero attached hydrogens (tertiary/aromatic N) is 3. The number of aromatic nitrogens is 1. The first-order valence-corrected chi connectivity index (χ1v) is 9.53. The minimum atomic E-state index is -1.20. The molecule has 1 fully saturated rings. The molecule has 5 heteroatoms. The Balaban J connectivity index is 2.08. The Labute approximate surface area is 160 Å². The molecule has 1 aromatic carbocycles. The SMILES string of the molecule is N#CCCC(O)(c1ccc(Cl)cc1)C(c1ccccn1)N1CCCCC1. The topological polar surface area (TPSA) is 60.1 Å². The molecule has 26 heavy (non-hydrogen) atoms. The number of hydrogen-bond acceptors (Lipinski definition) is 4. The predicted octanol–water partition coefficient (Wildman–Crippen LogP) is 4.45. The minimum Gasteiger partial charge on any atom is -0.383 e. The molecular formula is C21H24ClN3O. The Kier molecular flexibility index (Phi) is 6.26. The van der Waals surface area contributed by atoms with Crippen LogP contribution >= 0.6 is 11.6 Å². The van der Waals surface area contributed by atoms with E-state index in [4.69, 9.17) is 11.6 Å². The second-order valence-electron chi connectivity index (χ2n) is 6.84. The summed E-state index contributed by atoms with van der Waals surface area (Å²) >= 11 is 6.05. The molecule has 0 bridgehead atoms. The summed E-state index contributed by atoms with van der Waals surface area (Å²) in [6.07, 6.45) is 5.82. The molecule has 1 N–H and O–H groups in total. The van der Waals surface area contributed by atoms with Gasteiger partial charge < -0.3 is 5.11 Å². The average Bonchev–Trinajstić information content (AvgIpc) is 2.69. The fourth-order valence-electron chi connectivity index (χ4n) is 3.87. The number of likely N-dealkylation sites (tertiary alicyclic amines) is 1. The maximum absolute atomic E-state index is 11.9. The van der Waals surface area contributed by atoms with Gasteiger partial charge in [0.1, 0.15) is 5.60 Å². The number of aliphatic hydroxyl groups is 1. The Morgan fingerprint density at radius 2 is 1.88 bits per heavy atom. The third-order valence-corrected chi connectivity index (χ3v) is 5.39. The molecule has 2 heterocycles. The summed E-state index contributed by atoms with van der Waals surface area (Å²) in [5.41, 5.74) is 0.412. The summed E-state index contributed by atoms with van der Waals surface area (Å²) in [4.78, 5) is 6.88. The van der Waals surface area contributed by atoms with E-state index in [1.807, 2.05) is 30.3 Å². The first-order chi connectivity index (χ1) is 12.6. The van der Waals surface area contributed by atoms with Gasteiger partial charge in [-0.05, 0) is 62.2 Å². The quantitative estimate of drug-likeness (QED) is 0.816. The van der Waals surface area contributed by atoms with E-state index in [0.717, 1.165) is 37.2 Å². The van der Waals surface area contributed by atoms with E-state index in [1.165, 1.54) is 6.42 Å². The van der Waals surface area contributed by atoms with Gasteiger partial charge in [-0.25, -0.2) is 0 Å². The van der Waals surface area contributed by atoms with Crippen LogP contribution in [0.15, 0.2) is 48.7 Å². The van der Waals surface area contributed by atoms with Crippen LogP contribution in [0.2, 0.25) is 5.02 Å². The zero-order chi connectivity index (χ0) is 18.4. The summed E-state index contributed by atoms with van der Waals surface area (Å²) in [6, 6.07) is 15.0. The maximum Gasteiger partial charge on any atom is 0.112 e. The summed E-state index contributed by atoms with van der Waals surface area (Å²) in [5.74, 6) is 0. The van der Waals surface area contributed by atoms with Crippen LogP contribution in [0.5, 0.6) is 0 Å². The average molecular weight is 370 g/mol. The Morgan fingerprint density at radius 1 is 1.15 bits per heavy atom. The molecule has 2 unspecified atom stereocenters. The largest absolute Gasteiger partial charge is 0.383 e. The van der Waals surface area contributed by atoms with Crippen molar-refractivity contribution in [1.82, 2.24) is 9.88 Å². The molecule has 0 aliphatic carbocycles. The molecule has 0 saturated carbocycles. The smallest absolute Gasteiger partial charge is 0.112 e. The molecule has 1 aliphatic heterocycles. The second kappa shape index (κ2) is 8.64. The number of hydrogen-bond donors (Lipinski definition) is 1. The van der Waals surface area contributed by atoms with Crippen LogP contribution in [0.3, 0.4) is 0 Å². The molecule has 2 aromatic rings. The van der Waals surface area contributed by atoms with E-state index in [0.29, 0.717) is 11.4 Å². The van der Waals surface area contributed by atoms with Gasteiger partial charge in [-0.2, -0.15) is 5.26 Å². The van der Waals surface area contributed by atoms with Crippen molar-refractivity contribution in [1.29, 1.82) is 5.26 Å². The number of piperidine rings is 1. The zero-order valence-electron chi connectivity index (χ0n) is 14.8.